The summed E-state index contributed by atoms with van der Waals surface area (Å²) in [7, 11) is 4.04. The molecule has 7 heteroatoms. The van der Waals surface area contributed by atoms with Crippen LogP contribution >= 0.6 is 11.6 Å². The van der Waals surface area contributed by atoms with Crippen LogP contribution in [0, 0.1) is 0 Å². The summed E-state index contributed by atoms with van der Waals surface area (Å²) in [5, 5.41) is 4.87. The molecule has 2 heterocycles. The van der Waals surface area contributed by atoms with E-state index in [1.165, 1.54) is 11.1 Å². The molecule has 0 bridgehead atoms. The van der Waals surface area contributed by atoms with E-state index in [0.29, 0.717) is 18.1 Å². The van der Waals surface area contributed by atoms with Gasteiger partial charge in [-0.1, -0.05) is 41.9 Å². The Hall–Kier alpha value is -3.09. The van der Waals surface area contributed by atoms with Gasteiger partial charge >= 0.3 is 0 Å². The van der Waals surface area contributed by atoms with Gasteiger partial charge in [-0.15, -0.1) is 0 Å². The summed E-state index contributed by atoms with van der Waals surface area (Å²) in [5.41, 5.74) is 3.29. The van der Waals surface area contributed by atoms with E-state index in [4.69, 9.17) is 16.3 Å². The summed E-state index contributed by atoms with van der Waals surface area (Å²) in [6.07, 6.45) is 9.09. The number of aromatic nitrogens is 2. The van der Waals surface area contributed by atoms with Crippen molar-refractivity contribution < 1.29 is 9.53 Å². The molecule has 6 nitrogen and oxygen atoms in total. The van der Waals surface area contributed by atoms with Crippen LogP contribution in [0.15, 0.2) is 67.0 Å². The zero-order valence-corrected chi connectivity index (χ0v) is 20.5. The van der Waals surface area contributed by atoms with E-state index in [9.17, 15) is 4.79 Å². The molecule has 0 N–H and O–H groups in total. The lowest BCUT2D eigenvalue weighted by Crippen LogP contribution is -2.41. The highest BCUT2D eigenvalue weighted by Crippen LogP contribution is 2.21. The van der Waals surface area contributed by atoms with E-state index in [1.54, 1.807) is 12.2 Å². The number of hydrogen-bond acceptors (Lipinski definition) is 4. The maximum Gasteiger partial charge on any atom is 0.246 e. The summed E-state index contributed by atoms with van der Waals surface area (Å²) in [5.74, 6) is 0.889. The number of halogens is 1. The number of ether oxygens (including phenoxy) is 1. The maximum atomic E-state index is 12.5. The van der Waals surface area contributed by atoms with Gasteiger partial charge in [0.25, 0.3) is 0 Å². The number of likely N-dealkylation sites (tertiary alicyclic amines) is 1. The number of amides is 1. The van der Waals surface area contributed by atoms with Crippen LogP contribution in [-0.4, -0.2) is 51.7 Å². The molecular weight excluding hydrogens is 448 g/mol. The second-order valence-electron chi connectivity index (χ2n) is 8.84. The lowest BCUT2D eigenvalue weighted by atomic mass is 10.1. The Balaban J connectivity index is 1.21. The van der Waals surface area contributed by atoms with Crippen LogP contribution < -0.4 is 4.74 Å². The van der Waals surface area contributed by atoms with Crippen LogP contribution in [0.1, 0.15) is 29.5 Å². The Morgan fingerprint density at radius 2 is 1.82 bits per heavy atom. The summed E-state index contributed by atoms with van der Waals surface area (Å²) in [6.45, 7) is 3.09. The topological polar surface area (TPSA) is 50.6 Å². The number of piperidine rings is 1. The van der Waals surface area contributed by atoms with Gasteiger partial charge in [-0.25, -0.2) is 0 Å². The molecule has 0 unspecified atom stereocenters. The fourth-order valence-electron chi connectivity index (χ4n) is 4.17. The standard InChI is InChI=1S/C27H31ClN4O2/c1-30(19-22-17-29-31(2)20-22)18-21-7-10-24(11-8-21)34-25-13-15-32(16-14-25)27(33)12-9-23-5-3-4-6-26(23)28/h3-12,17,20,25H,13-16,18-19H2,1-2H3. The fraction of sp³-hybridized carbons (Fsp3) is 0.333. The Morgan fingerprint density at radius 1 is 1.12 bits per heavy atom. The Kier molecular flexibility index (Phi) is 8.03. The van der Waals surface area contributed by atoms with Crippen LogP contribution in [-0.2, 0) is 24.9 Å². The fourth-order valence-corrected chi connectivity index (χ4v) is 4.37. The van der Waals surface area contributed by atoms with Crippen molar-refractivity contribution in [3.8, 4) is 5.75 Å². The highest BCUT2D eigenvalue weighted by atomic mass is 35.5. The zero-order valence-electron chi connectivity index (χ0n) is 19.7. The normalized spacial score (nSPS) is 14.8. The van der Waals surface area contributed by atoms with Gasteiger partial charge in [-0.3, -0.25) is 14.4 Å². The molecule has 2 aromatic carbocycles. The highest BCUT2D eigenvalue weighted by Gasteiger charge is 2.22. The van der Waals surface area contributed by atoms with E-state index in [1.807, 2.05) is 65.4 Å². The summed E-state index contributed by atoms with van der Waals surface area (Å²) < 4.78 is 8.02. The van der Waals surface area contributed by atoms with Gasteiger partial charge in [-0.05, 0) is 42.4 Å². The number of carbonyl (C=O) groups is 1. The van der Waals surface area contributed by atoms with Crippen molar-refractivity contribution in [2.24, 2.45) is 7.05 Å². The number of hydrogen-bond donors (Lipinski definition) is 0. The van der Waals surface area contributed by atoms with E-state index in [2.05, 4.69) is 29.2 Å². The molecule has 0 aliphatic carbocycles. The highest BCUT2D eigenvalue weighted by molar-refractivity contribution is 6.32. The molecule has 178 valence electrons. The van der Waals surface area contributed by atoms with Crippen LogP contribution in [0.2, 0.25) is 5.02 Å². The Labute approximate surface area is 206 Å². The first-order valence-electron chi connectivity index (χ1n) is 11.6. The lowest BCUT2D eigenvalue weighted by molar-refractivity contribution is -0.127. The second-order valence-corrected chi connectivity index (χ2v) is 9.24. The van der Waals surface area contributed by atoms with Gasteiger partial charge < -0.3 is 9.64 Å². The number of nitrogens with zero attached hydrogens (tertiary/aromatic N) is 4. The zero-order chi connectivity index (χ0) is 23.9. The van der Waals surface area contributed by atoms with Gasteiger partial charge in [0.05, 0.1) is 6.20 Å². The molecule has 0 atom stereocenters. The molecule has 3 aromatic rings. The minimum absolute atomic E-state index is 0.0122. The summed E-state index contributed by atoms with van der Waals surface area (Å²) in [4.78, 5) is 16.7. The van der Waals surface area contributed by atoms with Crippen LogP contribution in [0.3, 0.4) is 0 Å². The van der Waals surface area contributed by atoms with Crippen LogP contribution in [0.5, 0.6) is 5.75 Å². The van der Waals surface area contributed by atoms with E-state index >= 15 is 0 Å². The third kappa shape index (κ3) is 6.72. The number of aryl methyl sites for hydroxylation is 1. The molecule has 0 radical (unpaired) electrons. The first kappa shape index (κ1) is 24.0. The Morgan fingerprint density at radius 3 is 2.50 bits per heavy atom. The van der Waals surface area contributed by atoms with Crippen molar-refractivity contribution in [3.63, 3.8) is 0 Å². The molecular formula is C27H31ClN4O2. The first-order valence-corrected chi connectivity index (χ1v) is 12.0. The van der Waals surface area contributed by atoms with Crippen molar-refractivity contribution in [1.82, 2.24) is 19.6 Å². The SMILES string of the molecule is CN(Cc1ccc(OC2CCN(C(=O)C=Cc3ccccc3Cl)CC2)cc1)Cc1cnn(C)c1. The van der Waals surface area contributed by atoms with Crippen molar-refractivity contribution in [1.29, 1.82) is 0 Å². The molecule has 0 saturated carbocycles. The molecule has 4 rings (SSSR count). The van der Waals surface area contributed by atoms with Gasteiger partial charge in [0, 0.05) is 68.9 Å². The van der Waals surface area contributed by atoms with Crippen molar-refractivity contribution in [2.45, 2.75) is 32.0 Å². The molecule has 1 aliphatic rings. The lowest BCUT2D eigenvalue weighted by Gasteiger charge is -2.31. The average Bonchev–Trinajstić information content (AvgIpc) is 3.24. The minimum atomic E-state index is 0.0122. The number of benzene rings is 2. The largest absolute Gasteiger partial charge is 0.490 e. The predicted octanol–water partition coefficient (Wildman–Crippen LogP) is 4.79. The third-order valence-electron chi connectivity index (χ3n) is 5.95. The van der Waals surface area contributed by atoms with Crippen LogP contribution in [0.25, 0.3) is 6.08 Å². The summed E-state index contributed by atoms with van der Waals surface area (Å²) in [6, 6.07) is 15.8. The van der Waals surface area contributed by atoms with E-state index < -0.39 is 0 Å². The number of rotatable bonds is 8. The van der Waals surface area contributed by atoms with Crippen molar-refractivity contribution >= 4 is 23.6 Å². The van der Waals surface area contributed by atoms with E-state index in [-0.39, 0.29) is 12.0 Å². The quantitative estimate of drug-likeness (QED) is 0.437. The monoisotopic (exact) mass is 478 g/mol. The van der Waals surface area contributed by atoms with Crippen molar-refractivity contribution in [2.75, 3.05) is 20.1 Å². The smallest absolute Gasteiger partial charge is 0.246 e. The predicted molar refractivity (Wildman–Crippen MR) is 136 cm³/mol. The van der Waals surface area contributed by atoms with Gasteiger partial charge in [0.1, 0.15) is 11.9 Å². The molecule has 1 amide bonds. The molecule has 1 aliphatic heterocycles. The number of carbonyl (C=O) groups excluding carboxylic acids is 1. The molecule has 1 saturated heterocycles. The second kappa shape index (κ2) is 11.4. The maximum absolute atomic E-state index is 12.5. The molecule has 0 spiro atoms. The summed E-state index contributed by atoms with van der Waals surface area (Å²) >= 11 is 6.16. The Bertz CT molecular complexity index is 1120. The van der Waals surface area contributed by atoms with Crippen molar-refractivity contribution in [3.05, 3.63) is 88.7 Å². The first-order chi connectivity index (χ1) is 16.5. The molecule has 1 fully saturated rings. The third-order valence-corrected chi connectivity index (χ3v) is 6.30. The average molecular weight is 479 g/mol. The molecule has 34 heavy (non-hydrogen) atoms. The van der Waals surface area contributed by atoms with E-state index in [0.717, 1.165) is 37.2 Å². The van der Waals surface area contributed by atoms with Crippen LogP contribution in [0.4, 0.5) is 0 Å². The van der Waals surface area contributed by atoms with Gasteiger partial charge in [-0.2, -0.15) is 5.10 Å². The van der Waals surface area contributed by atoms with Gasteiger partial charge in [0.2, 0.25) is 5.91 Å². The minimum Gasteiger partial charge on any atom is -0.490 e. The van der Waals surface area contributed by atoms with Gasteiger partial charge in [0.15, 0.2) is 0 Å². The molecule has 1 aromatic heterocycles.